The van der Waals surface area contributed by atoms with Gasteiger partial charge in [0.05, 0.1) is 25.4 Å². The second kappa shape index (κ2) is 64.9. The van der Waals surface area contributed by atoms with Crippen LogP contribution in [0.5, 0.6) is 0 Å². The highest BCUT2D eigenvalue weighted by Gasteiger charge is 2.44. The minimum absolute atomic E-state index is 0.138. The first-order valence-electron chi connectivity index (χ1n) is 37.0. The minimum atomic E-state index is -1.56. The Balaban J connectivity index is 2.09. The van der Waals surface area contributed by atoms with Crippen molar-refractivity contribution >= 4 is 5.91 Å². The third kappa shape index (κ3) is 53.4. The molecule has 1 aliphatic heterocycles. The van der Waals surface area contributed by atoms with Crippen LogP contribution in [-0.4, -0.2) is 87.5 Å². The van der Waals surface area contributed by atoms with Gasteiger partial charge < -0.3 is 40.3 Å². The number of unbranched alkanes of at least 4 members (excludes halogenated alkanes) is 45. The fraction of sp³-hybridized carbons (Fsp3) is 0.855. The Morgan fingerprint density at radius 2 is 0.729 bits per heavy atom. The summed E-state index contributed by atoms with van der Waals surface area (Å²) >= 11 is 0. The van der Waals surface area contributed by atoms with E-state index in [0.29, 0.717) is 12.8 Å². The molecule has 7 unspecified atom stereocenters. The Kier molecular flexibility index (Phi) is 61.7. The van der Waals surface area contributed by atoms with Gasteiger partial charge in [0.15, 0.2) is 6.29 Å². The van der Waals surface area contributed by atoms with Crippen molar-refractivity contribution in [1.82, 2.24) is 5.32 Å². The standard InChI is InChI=1S/C76H141NO8/c1-3-5-7-9-11-13-15-17-19-21-23-25-27-29-31-33-34-35-36-38-39-41-43-45-47-49-51-53-55-57-59-61-63-65-70(79)69(68-84-76-75(83)74(82)73(81)71(67-78)85-76)77-72(80)66-64-62-60-58-56-54-52-50-48-46-44-42-40-37-32-30-28-26-24-22-20-18-16-14-12-10-8-6-4-2/h6,8,12,14,18,20,24,26,30,32,69-71,73-76,78-79,81-83H,3-5,7,9-11,13,15-17,19,21-23,25,27-29,31,33-68H2,1-2H3,(H,77,80)/b8-6-,14-12-,20-18-,26-24-,32-30-. The predicted octanol–water partition coefficient (Wildman–Crippen LogP) is 20.5. The first-order chi connectivity index (χ1) is 41.8. The summed E-state index contributed by atoms with van der Waals surface area (Å²) in [4.78, 5) is 13.2. The number of amides is 1. The van der Waals surface area contributed by atoms with Crippen LogP contribution in [0.15, 0.2) is 60.8 Å². The second-order valence-corrected chi connectivity index (χ2v) is 25.7. The average Bonchev–Trinajstić information content (AvgIpc) is 3.56. The topological polar surface area (TPSA) is 149 Å². The molecule has 1 heterocycles. The lowest BCUT2D eigenvalue weighted by atomic mass is 9.99. The summed E-state index contributed by atoms with van der Waals surface area (Å²) in [6.07, 6.45) is 83.0. The van der Waals surface area contributed by atoms with Crippen molar-refractivity contribution in [2.75, 3.05) is 13.2 Å². The van der Waals surface area contributed by atoms with E-state index in [2.05, 4.69) is 79.9 Å². The van der Waals surface area contributed by atoms with Crippen molar-refractivity contribution in [2.45, 2.75) is 403 Å². The quantitative estimate of drug-likeness (QED) is 0.0261. The van der Waals surface area contributed by atoms with Crippen LogP contribution in [0.2, 0.25) is 0 Å². The molecule has 9 nitrogen and oxygen atoms in total. The number of carbonyl (C=O) groups excluding carboxylic acids is 1. The maximum atomic E-state index is 13.2. The third-order valence-electron chi connectivity index (χ3n) is 17.6. The maximum absolute atomic E-state index is 13.2. The summed E-state index contributed by atoms with van der Waals surface area (Å²) < 4.78 is 11.4. The molecule has 0 bridgehead atoms. The Bertz CT molecular complexity index is 1530. The van der Waals surface area contributed by atoms with E-state index in [0.717, 1.165) is 70.6 Å². The van der Waals surface area contributed by atoms with Gasteiger partial charge in [-0.3, -0.25) is 4.79 Å². The van der Waals surface area contributed by atoms with E-state index in [1.807, 2.05) is 0 Å². The monoisotopic (exact) mass is 1200 g/mol. The van der Waals surface area contributed by atoms with Gasteiger partial charge in [-0.1, -0.05) is 357 Å². The zero-order valence-electron chi connectivity index (χ0n) is 55.9. The lowest BCUT2D eigenvalue weighted by Crippen LogP contribution is -2.60. The van der Waals surface area contributed by atoms with E-state index >= 15 is 0 Å². The highest BCUT2D eigenvalue weighted by molar-refractivity contribution is 5.76. The molecule has 0 radical (unpaired) electrons. The van der Waals surface area contributed by atoms with Crippen LogP contribution in [-0.2, 0) is 14.3 Å². The molecule has 1 aliphatic rings. The van der Waals surface area contributed by atoms with E-state index < -0.39 is 49.5 Å². The lowest BCUT2D eigenvalue weighted by molar-refractivity contribution is -0.302. The van der Waals surface area contributed by atoms with Crippen LogP contribution in [0.3, 0.4) is 0 Å². The number of nitrogens with one attached hydrogen (secondary N) is 1. The van der Waals surface area contributed by atoms with Gasteiger partial charge in [-0.15, -0.1) is 0 Å². The number of aliphatic hydroxyl groups is 5. The first-order valence-corrected chi connectivity index (χ1v) is 37.0. The number of hydrogen-bond donors (Lipinski definition) is 6. The molecule has 1 rings (SSSR count). The largest absolute Gasteiger partial charge is 0.394 e. The lowest BCUT2D eigenvalue weighted by Gasteiger charge is -2.40. The van der Waals surface area contributed by atoms with E-state index in [4.69, 9.17) is 9.47 Å². The van der Waals surface area contributed by atoms with E-state index in [-0.39, 0.29) is 12.5 Å². The molecule has 0 aromatic heterocycles. The Labute approximate surface area is 526 Å². The highest BCUT2D eigenvalue weighted by atomic mass is 16.7. The van der Waals surface area contributed by atoms with Crippen LogP contribution in [0.1, 0.15) is 361 Å². The van der Waals surface area contributed by atoms with Crippen LogP contribution in [0.4, 0.5) is 0 Å². The molecule has 6 N–H and O–H groups in total. The second-order valence-electron chi connectivity index (χ2n) is 25.7. The summed E-state index contributed by atoms with van der Waals surface area (Å²) in [7, 11) is 0. The predicted molar refractivity (Wildman–Crippen MR) is 364 cm³/mol. The van der Waals surface area contributed by atoms with Crippen LogP contribution >= 0.6 is 0 Å². The average molecular weight is 1200 g/mol. The SMILES string of the molecule is CC/C=C\C/C=C\C/C=C\C/C=C\C/C=C\CCCCCCCCCCCCCCCC(=O)NC(COC1OC(CO)C(O)C(O)C1O)C(O)CCCCCCCCCCCCCCCCCCCCCCCCCCCCCCCCCCC. The molecule has 0 spiro atoms. The molecule has 7 atom stereocenters. The number of aliphatic hydroxyl groups excluding tert-OH is 5. The summed E-state index contributed by atoms with van der Waals surface area (Å²) in [6.45, 7) is 3.77. The number of ether oxygens (including phenoxy) is 2. The first kappa shape index (κ1) is 80.9. The molecule has 1 fully saturated rings. The van der Waals surface area contributed by atoms with E-state index in [9.17, 15) is 30.3 Å². The van der Waals surface area contributed by atoms with Crippen molar-refractivity contribution < 1.29 is 39.8 Å². The Hall–Kier alpha value is -2.11. The summed E-state index contributed by atoms with van der Waals surface area (Å²) in [6, 6.07) is -0.724. The van der Waals surface area contributed by atoms with E-state index in [1.54, 1.807) is 0 Å². The van der Waals surface area contributed by atoms with Gasteiger partial charge in [-0.25, -0.2) is 0 Å². The number of allylic oxidation sites excluding steroid dienone is 10. The van der Waals surface area contributed by atoms with Crippen molar-refractivity contribution in [3.05, 3.63) is 60.8 Å². The van der Waals surface area contributed by atoms with Gasteiger partial charge in [-0.2, -0.15) is 0 Å². The normalized spacial score (nSPS) is 18.4. The number of rotatable bonds is 65. The molecule has 498 valence electrons. The molecule has 9 heteroatoms. The molecular weight excluding hydrogens is 1050 g/mol. The molecule has 0 saturated carbocycles. The molecule has 0 aromatic carbocycles. The van der Waals surface area contributed by atoms with Crippen molar-refractivity contribution in [2.24, 2.45) is 0 Å². The van der Waals surface area contributed by atoms with Crippen molar-refractivity contribution in [3.63, 3.8) is 0 Å². The summed E-state index contributed by atoms with van der Waals surface area (Å²) in [5, 5.41) is 55.0. The van der Waals surface area contributed by atoms with Crippen LogP contribution in [0, 0.1) is 0 Å². The maximum Gasteiger partial charge on any atom is 0.220 e. The number of hydrogen-bond acceptors (Lipinski definition) is 8. The van der Waals surface area contributed by atoms with Crippen LogP contribution < -0.4 is 5.32 Å². The molecule has 1 amide bonds. The molecule has 85 heavy (non-hydrogen) atoms. The fourth-order valence-electron chi connectivity index (χ4n) is 11.9. The van der Waals surface area contributed by atoms with Crippen molar-refractivity contribution in [1.29, 1.82) is 0 Å². The molecular formula is C76H141NO8. The van der Waals surface area contributed by atoms with Gasteiger partial charge in [0.1, 0.15) is 24.4 Å². The van der Waals surface area contributed by atoms with Gasteiger partial charge in [-0.05, 0) is 57.8 Å². The van der Waals surface area contributed by atoms with Crippen molar-refractivity contribution in [3.8, 4) is 0 Å². The summed E-state index contributed by atoms with van der Waals surface area (Å²) in [5.74, 6) is -0.142. The fourth-order valence-corrected chi connectivity index (χ4v) is 11.9. The molecule has 0 aliphatic carbocycles. The smallest absolute Gasteiger partial charge is 0.220 e. The Morgan fingerprint density at radius 1 is 0.412 bits per heavy atom. The van der Waals surface area contributed by atoms with Gasteiger partial charge >= 0.3 is 0 Å². The van der Waals surface area contributed by atoms with Crippen LogP contribution in [0.25, 0.3) is 0 Å². The van der Waals surface area contributed by atoms with E-state index in [1.165, 1.54) is 263 Å². The molecule has 1 saturated heterocycles. The van der Waals surface area contributed by atoms with Gasteiger partial charge in [0, 0.05) is 6.42 Å². The highest BCUT2D eigenvalue weighted by Crippen LogP contribution is 2.24. The zero-order valence-corrected chi connectivity index (χ0v) is 55.9. The van der Waals surface area contributed by atoms with Gasteiger partial charge in [0.2, 0.25) is 5.91 Å². The minimum Gasteiger partial charge on any atom is -0.394 e. The van der Waals surface area contributed by atoms with Gasteiger partial charge in [0.25, 0.3) is 0 Å². The molecule has 0 aromatic rings. The third-order valence-corrected chi connectivity index (χ3v) is 17.6. The summed E-state index contributed by atoms with van der Waals surface area (Å²) in [5.41, 5.74) is 0. The zero-order chi connectivity index (χ0) is 61.4. The number of carbonyl (C=O) groups is 1. The Morgan fingerprint density at radius 3 is 1.08 bits per heavy atom.